The van der Waals surface area contributed by atoms with Crippen molar-refractivity contribution in [3.8, 4) is 0 Å². The van der Waals surface area contributed by atoms with Crippen LogP contribution in [0.5, 0.6) is 0 Å². The normalized spacial score (nSPS) is 21.4. The van der Waals surface area contributed by atoms with E-state index >= 15 is 0 Å². The van der Waals surface area contributed by atoms with Gasteiger partial charge in [0.2, 0.25) is 5.60 Å². The molecule has 2 unspecified atom stereocenters. The van der Waals surface area contributed by atoms with E-state index in [4.69, 9.17) is 14.2 Å². The molecule has 1 aliphatic rings. The number of esters is 3. The fraction of sp³-hybridized carbons (Fsp3) is 0.783. The fourth-order valence-corrected chi connectivity index (χ4v) is 3.55. The molecule has 1 rings (SSSR count). The average Bonchev–Trinajstić information content (AvgIpc) is 2.70. The maximum atomic E-state index is 12.9. The van der Waals surface area contributed by atoms with Gasteiger partial charge in [-0.15, -0.1) is 0 Å². The first-order valence-corrected chi connectivity index (χ1v) is 11.0. The first-order chi connectivity index (χ1) is 13.8. The Bertz CT molecular complexity index is 541. The van der Waals surface area contributed by atoms with E-state index < -0.39 is 23.5 Å². The third kappa shape index (κ3) is 9.01. The van der Waals surface area contributed by atoms with E-state index in [9.17, 15) is 14.4 Å². The van der Waals surface area contributed by atoms with Gasteiger partial charge in [-0.25, -0.2) is 9.59 Å². The lowest BCUT2D eigenvalue weighted by Gasteiger charge is -2.37. The van der Waals surface area contributed by atoms with E-state index in [2.05, 4.69) is 20.4 Å². The smallest absolute Gasteiger partial charge is 0.350 e. The minimum absolute atomic E-state index is 0.101. The van der Waals surface area contributed by atoms with Gasteiger partial charge in [-0.1, -0.05) is 53.0 Å². The molecule has 0 heterocycles. The van der Waals surface area contributed by atoms with E-state index in [-0.39, 0.29) is 19.0 Å². The molecule has 0 aromatic rings. The van der Waals surface area contributed by atoms with Gasteiger partial charge < -0.3 is 14.2 Å². The van der Waals surface area contributed by atoms with Crippen molar-refractivity contribution in [3.63, 3.8) is 0 Å². The van der Waals surface area contributed by atoms with Crippen LogP contribution >= 0.6 is 0 Å². The highest BCUT2D eigenvalue weighted by Gasteiger charge is 2.49. The summed E-state index contributed by atoms with van der Waals surface area (Å²) in [5, 5.41) is 0. The molecule has 0 saturated heterocycles. The Labute approximate surface area is 175 Å². The van der Waals surface area contributed by atoms with Gasteiger partial charge >= 0.3 is 17.9 Å². The van der Waals surface area contributed by atoms with Crippen molar-refractivity contribution >= 4 is 17.9 Å². The van der Waals surface area contributed by atoms with Crippen LogP contribution in [0.2, 0.25) is 0 Å². The van der Waals surface area contributed by atoms with E-state index in [1.54, 1.807) is 0 Å². The van der Waals surface area contributed by atoms with E-state index in [1.165, 1.54) is 0 Å². The zero-order chi connectivity index (χ0) is 21.7. The Kier molecular flexibility index (Phi) is 11.6. The Balaban J connectivity index is 2.68. The van der Waals surface area contributed by atoms with Gasteiger partial charge in [0.05, 0.1) is 19.1 Å². The maximum Gasteiger partial charge on any atom is 0.350 e. The van der Waals surface area contributed by atoms with Gasteiger partial charge in [-0.05, 0) is 38.0 Å². The number of hydrogen-bond donors (Lipinski definition) is 0. The van der Waals surface area contributed by atoms with Crippen LogP contribution in [-0.4, -0.2) is 36.7 Å². The van der Waals surface area contributed by atoms with Crippen LogP contribution in [0.1, 0.15) is 85.0 Å². The highest BCUT2D eigenvalue weighted by Crippen LogP contribution is 2.37. The average molecular weight is 411 g/mol. The topological polar surface area (TPSA) is 78.9 Å². The second kappa shape index (κ2) is 13.4. The van der Waals surface area contributed by atoms with Crippen LogP contribution in [-0.2, 0) is 28.6 Å². The molecule has 0 aromatic heterocycles. The molecule has 166 valence electrons. The number of carbonyl (C=O) groups excluding carboxylic acids is 3. The van der Waals surface area contributed by atoms with E-state index in [0.29, 0.717) is 31.8 Å². The molecule has 1 aliphatic carbocycles. The SMILES string of the molecule is C=CC(=O)OC1(C(=O)OCCCCCC(C)C)CCCC(C(=O)OCCCC)C1. The molecule has 1 fully saturated rings. The number of rotatable bonds is 13. The molecule has 6 heteroatoms. The van der Waals surface area contributed by atoms with Crippen molar-refractivity contribution in [2.24, 2.45) is 11.8 Å². The molecule has 0 bridgehead atoms. The molecule has 1 saturated carbocycles. The Morgan fingerprint density at radius 1 is 1.10 bits per heavy atom. The predicted molar refractivity (Wildman–Crippen MR) is 111 cm³/mol. The second-order valence-electron chi connectivity index (χ2n) is 8.31. The summed E-state index contributed by atoms with van der Waals surface area (Å²) in [6, 6.07) is 0. The summed E-state index contributed by atoms with van der Waals surface area (Å²) in [5.41, 5.74) is -1.43. The minimum Gasteiger partial charge on any atom is -0.465 e. The Morgan fingerprint density at radius 2 is 1.83 bits per heavy atom. The summed E-state index contributed by atoms with van der Waals surface area (Å²) in [4.78, 5) is 37.1. The van der Waals surface area contributed by atoms with Crippen molar-refractivity contribution < 1.29 is 28.6 Å². The minimum atomic E-state index is -1.43. The maximum absolute atomic E-state index is 12.9. The Hall–Kier alpha value is -1.85. The quantitative estimate of drug-likeness (QED) is 0.189. The molecule has 0 spiro atoms. The lowest BCUT2D eigenvalue weighted by Crippen LogP contribution is -2.49. The fourth-order valence-electron chi connectivity index (χ4n) is 3.55. The zero-order valence-corrected chi connectivity index (χ0v) is 18.4. The lowest BCUT2D eigenvalue weighted by atomic mass is 9.77. The van der Waals surface area contributed by atoms with Crippen LogP contribution < -0.4 is 0 Å². The summed E-state index contributed by atoms with van der Waals surface area (Å²) in [5.74, 6) is -1.40. The molecular weight excluding hydrogens is 372 g/mol. The standard InChI is InChI=1S/C23H38O6/c1-5-7-15-27-21(25)19-13-11-14-23(17-19,29-20(24)6-2)22(26)28-16-10-8-9-12-18(3)4/h6,18-19H,2,5,7-17H2,1,3-4H3. The molecule has 0 aliphatic heterocycles. The van der Waals surface area contributed by atoms with Gasteiger partial charge in [0.1, 0.15) is 0 Å². The molecule has 29 heavy (non-hydrogen) atoms. The van der Waals surface area contributed by atoms with E-state index in [0.717, 1.165) is 44.6 Å². The third-order valence-corrected chi connectivity index (χ3v) is 5.28. The largest absolute Gasteiger partial charge is 0.465 e. The molecule has 0 aromatic carbocycles. The molecule has 0 amide bonds. The second-order valence-corrected chi connectivity index (χ2v) is 8.31. The summed E-state index contributed by atoms with van der Waals surface area (Å²) in [6.07, 6.45) is 8.40. The molecule has 2 atom stereocenters. The van der Waals surface area contributed by atoms with Gasteiger partial charge in [-0.3, -0.25) is 4.79 Å². The first kappa shape index (κ1) is 25.2. The molecule has 0 radical (unpaired) electrons. The highest BCUT2D eigenvalue weighted by molar-refractivity contribution is 5.88. The van der Waals surface area contributed by atoms with Crippen molar-refractivity contribution in [3.05, 3.63) is 12.7 Å². The number of unbranched alkanes of at least 4 members (excludes halogenated alkanes) is 3. The monoisotopic (exact) mass is 410 g/mol. The third-order valence-electron chi connectivity index (χ3n) is 5.28. The van der Waals surface area contributed by atoms with Gasteiger partial charge in [0.25, 0.3) is 0 Å². The summed E-state index contributed by atoms with van der Waals surface area (Å²) in [6.45, 7) is 10.5. The number of ether oxygens (including phenoxy) is 3. The first-order valence-electron chi connectivity index (χ1n) is 11.0. The predicted octanol–water partition coefficient (Wildman–Crippen LogP) is 4.75. The van der Waals surface area contributed by atoms with Crippen molar-refractivity contribution in [2.75, 3.05) is 13.2 Å². The van der Waals surface area contributed by atoms with Gasteiger partial charge in [0.15, 0.2) is 0 Å². The summed E-state index contributed by atoms with van der Waals surface area (Å²) >= 11 is 0. The number of carbonyl (C=O) groups is 3. The Morgan fingerprint density at radius 3 is 2.48 bits per heavy atom. The van der Waals surface area contributed by atoms with E-state index in [1.807, 2.05) is 6.92 Å². The van der Waals surface area contributed by atoms with Crippen molar-refractivity contribution in [1.82, 2.24) is 0 Å². The highest BCUT2D eigenvalue weighted by atomic mass is 16.6. The lowest BCUT2D eigenvalue weighted by molar-refractivity contribution is -0.188. The van der Waals surface area contributed by atoms with Crippen LogP contribution in [0.4, 0.5) is 0 Å². The number of hydrogen-bond acceptors (Lipinski definition) is 6. The molecular formula is C23H38O6. The van der Waals surface area contributed by atoms with Crippen LogP contribution in [0, 0.1) is 11.8 Å². The van der Waals surface area contributed by atoms with Crippen LogP contribution in [0.25, 0.3) is 0 Å². The van der Waals surface area contributed by atoms with Gasteiger partial charge in [0, 0.05) is 12.5 Å². The van der Waals surface area contributed by atoms with Crippen molar-refractivity contribution in [2.45, 2.75) is 90.6 Å². The summed E-state index contributed by atoms with van der Waals surface area (Å²) in [7, 11) is 0. The van der Waals surface area contributed by atoms with Crippen LogP contribution in [0.15, 0.2) is 12.7 Å². The van der Waals surface area contributed by atoms with Crippen LogP contribution in [0.3, 0.4) is 0 Å². The van der Waals surface area contributed by atoms with Crippen molar-refractivity contribution in [1.29, 1.82) is 0 Å². The summed E-state index contributed by atoms with van der Waals surface area (Å²) < 4.78 is 16.2. The zero-order valence-electron chi connectivity index (χ0n) is 18.4. The van der Waals surface area contributed by atoms with Gasteiger partial charge in [-0.2, -0.15) is 0 Å². The molecule has 6 nitrogen and oxygen atoms in total. The molecule has 0 N–H and O–H groups in total.